The summed E-state index contributed by atoms with van der Waals surface area (Å²) in [5.74, 6) is -1.25. The van der Waals surface area contributed by atoms with Crippen molar-refractivity contribution < 1.29 is 9.90 Å². The molecule has 12 heavy (non-hydrogen) atoms. The zero-order valence-corrected chi connectivity index (χ0v) is 6.45. The van der Waals surface area contributed by atoms with E-state index < -0.39 is 11.9 Å². The number of fused-ring (bicyclic) bond motifs is 1. The first-order chi connectivity index (χ1) is 5.79. The van der Waals surface area contributed by atoms with Gasteiger partial charge in [0, 0.05) is 0 Å². The van der Waals surface area contributed by atoms with E-state index in [1.165, 1.54) is 0 Å². The van der Waals surface area contributed by atoms with E-state index in [1.54, 1.807) is 0 Å². The van der Waals surface area contributed by atoms with Gasteiger partial charge < -0.3 is 5.11 Å². The molecule has 1 aliphatic rings. The molecule has 0 spiro atoms. The minimum atomic E-state index is -0.801. The maximum atomic E-state index is 10.7. The lowest BCUT2D eigenvalue weighted by Crippen LogP contribution is -2.17. The molecule has 0 bridgehead atoms. The van der Waals surface area contributed by atoms with Crippen molar-refractivity contribution in [1.82, 2.24) is 15.4 Å². The fourth-order valence-electron chi connectivity index (χ4n) is 1.57. The van der Waals surface area contributed by atoms with Gasteiger partial charge in [0.05, 0.1) is 11.4 Å². The summed E-state index contributed by atoms with van der Waals surface area (Å²) < 4.78 is 0. The van der Waals surface area contributed by atoms with E-state index in [2.05, 4.69) is 15.4 Å². The van der Waals surface area contributed by atoms with Crippen LogP contribution in [0.2, 0.25) is 0 Å². The van der Waals surface area contributed by atoms with Gasteiger partial charge in [-0.15, -0.1) is 0 Å². The Morgan fingerprint density at radius 3 is 3.17 bits per heavy atom. The van der Waals surface area contributed by atoms with Crippen molar-refractivity contribution in [2.45, 2.75) is 25.2 Å². The molecule has 5 nitrogen and oxygen atoms in total. The molecule has 0 radical (unpaired) electrons. The molecular weight excluding hydrogens is 158 g/mol. The van der Waals surface area contributed by atoms with Crippen LogP contribution in [0.5, 0.6) is 0 Å². The van der Waals surface area contributed by atoms with E-state index >= 15 is 0 Å². The summed E-state index contributed by atoms with van der Waals surface area (Å²) in [6.45, 7) is 0. The van der Waals surface area contributed by atoms with Crippen molar-refractivity contribution in [2.24, 2.45) is 0 Å². The Hall–Kier alpha value is -1.39. The third-order valence-corrected chi connectivity index (χ3v) is 2.19. The van der Waals surface area contributed by atoms with E-state index in [0.29, 0.717) is 12.1 Å². The normalized spacial score (nSPS) is 21.8. The molecule has 0 saturated heterocycles. The summed E-state index contributed by atoms with van der Waals surface area (Å²) >= 11 is 0. The predicted molar refractivity (Wildman–Crippen MR) is 39.7 cm³/mol. The summed E-state index contributed by atoms with van der Waals surface area (Å²) in [6, 6.07) is 0. The smallest absolute Gasteiger partial charge is 0.312 e. The van der Waals surface area contributed by atoms with E-state index in [4.69, 9.17) is 5.11 Å². The number of carboxylic acids is 1. The summed E-state index contributed by atoms with van der Waals surface area (Å²) in [7, 11) is 0. The van der Waals surface area contributed by atoms with Crippen LogP contribution in [0, 0.1) is 0 Å². The zero-order valence-electron chi connectivity index (χ0n) is 6.45. The number of hydrogen-bond acceptors (Lipinski definition) is 3. The predicted octanol–water partition coefficient (Wildman–Crippen LogP) is 0.309. The summed E-state index contributed by atoms with van der Waals surface area (Å²) in [4.78, 5) is 10.7. The van der Waals surface area contributed by atoms with Crippen LogP contribution in [0.15, 0.2) is 0 Å². The average molecular weight is 167 g/mol. The number of aliphatic carboxylic acids is 1. The molecule has 2 N–H and O–H groups in total. The standard InChI is InChI=1S/C7H9N3O2/c11-7(12)4-2-1-3-5-6(4)9-10-8-5/h4H,1-3H2,(H,11,12)(H,8,9,10). The molecule has 5 heteroatoms. The Kier molecular flexibility index (Phi) is 1.56. The molecule has 1 atom stereocenters. The number of carboxylic acid groups (broad SMARTS) is 1. The Morgan fingerprint density at radius 1 is 1.58 bits per heavy atom. The van der Waals surface area contributed by atoms with E-state index in [9.17, 15) is 4.79 Å². The molecule has 0 amide bonds. The van der Waals surface area contributed by atoms with Gasteiger partial charge in [-0.05, 0) is 19.3 Å². The van der Waals surface area contributed by atoms with Crippen molar-refractivity contribution in [3.8, 4) is 0 Å². The van der Waals surface area contributed by atoms with Gasteiger partial charge in [0.25, 0.3) is 0 Å². The Morgan fingerprint density at radius 2 is 2.42 bits per heavy atom. The maximum absolute atomic E-state index is 10.7. The molecule has 64 valence electrons. The van der Waals surface area contributed by atoms with Crippen molar-refractivity contribution in [2.75, 3.05) is 0 Å². The van der Waals surface area contributed by atoms with Gasteiger partial charge in [-0.3, -0.25) is 4.79 Å². The van der Waals surface area contributed by atoms with Gasteiger partial charge in [0.2, 0.25) is 0 Å². The third kappa shape index (κ3) is 0.975. The number of nitrogens with zero attached hydrogens (tertiary/aromatic N) is 2. The highest BCUT2D eigenvalue weighted by Gasteiger charge is 2.29. The SMILES string of the molecule is O=C(O)C1CCCc2n[nH]nc21. The number of carbonyl (C=O) groups is 1. The fraction of sp³-hybridized carbons (Fsp3) is 0.571. The van der Waals surface area contributed by atoms with E-state index in [1.807, 2.05) is 0 Å². The van der Waals surface area contributed by atoms with E-state index in [-0.39, 0.29) is 0 Å². The highest BCUT2D eigenvalue weighted by molar-refractivity contribution is 5.75. The number of aromatic amines is 1. The average Bonchev–Trinajstić information content (AvgIpc) is 2.49. The van der Waals surface area contributed by atoms with Crippen molar-refractivity contribution in [3.05, 3.63) is 11.4 Å². The highest BCUT2D eigenvalue weighted by Crippen LogP contribution is 2.28. The van der Waals surface area contributed by atoms with Crippen LogP contribution in [0.3, 0.4) is 0 Å². The number of rotatable bonds is 1. The minimum Gasteiger partial charge on any atom is -0.481 e. The van der Waals surface area contributed by atoms with Crippen molar-refractivity contribution in [3.63, 3.8) is 0 Å². The molecule has 0 saturated carbocycles. The quantitative estimate of drug-likeness (QED) is 0.630. The van der Waals surface area contributed by atoms with Crippen LogP contribution in [-0.2, 0) is 11.2 Å². The molecule has 0 aromatic carbocycles. The molecule has 2 rings (SSSR count). The van der Waals surface area contributed by atoms with E-state index in [0.717, 1.165) is 18.5 Å². The van der Waals surface area contributed by atoms with Gasteiger partial charge in [0.15, 0.2) is 0 Å². The van der Waals surface area contributed by atoms with Crippen LogP contribution in [0.25, 0.3) is 0 Å². The molecule has 1 unspecified atom stereocenters. The molecular formula is C7H9N3O2. The topological polar surface area (TPSA) is 78.9 Å². The van der Waals surface area contributed by atoms with Gasteiger partial charge in [-0.25, -0.2) is 0 Å². The Bertz CT molecular complexity index is 307. The second kappa shape index (κ2) is 2.58. The van der Waals surface area contributed by atoms with Crippen molar-refractivity contribution >= 4 is 5.97 Å². The van der Waals surface area contributed by atoms with Crippen LogP contribution < -0.4 is 0 Å². The number of H-pyrrole nitrogens is 1. The molecule has 0 fully saturated rings. The van der Waals surface area contributed by atoms with Crippen LogP contribution in [0.1, 0.15) is 30.1 Å². The van der Waals surface area contributed by atoms with Gasteiger partial charge in [-0.2, -0.15) is 15.4 Å². The lowest BCUT2D eigenvalue weighted by molar-refractivity contribution is -0.139. The largest absolute Gasteiger partial charge is 0.481 e. The number of aryl methyl sites for hydroxylation is 1. The number of hydrogen-bond donors (Lipinski definition) is 2. The van der Waals surface area contributed by atoms with Crippen molar-refractivity contribution in [1.29, 1.82) is 0 Å². The highest BCUT2D eigenvalue weighted by atomic mass is 16.4. The lowest BCUT2D eigenvalue weighted by atomic mass is 9.90. The summed E-state index contributed by atoms with van der Waals surface area (Å²) in [6.07, 6.45) is 2.40. The minimum absolute atomic E-state index is 0.451. The first-order valence-corrected chi connectivity index (χ1v) is 3.91. The first kappa shape index (κ1) is 7.27. The molecule has 1 aliphatic carbocycles. The summed E-state index contributed by atoms with van der Waals surface area (Å²) in [5, 5.41) is 19.0. The van der Waals surface area contributed by atoms with Gasteiger partial charge in [-0.1, -0.05) is 0 Å². The first-order valence-electron chi connectivity index (χ1n) is 3.91. The lowest BCUT2D eigenvalue weighted by Gasteiger charge is -2.14. The fourth-order valence-corrected chi connectivity index (χ4v) is 1.57. The maximum Gasteiger partial charge on any atom is 0.312 e. The monoisotopic (exact) mass is 167 g/mol. The Balaban J connectivity index is 2.37. The summed E-state index contributed by atoms with van der Waals surface area (Å²) in [5.41, 5.74) is 1.43. The van der Waals surface area contributed by atoms with Crippen LogP contribution in [-0.4, -0.2) is 26.5 Å². The number of nitrogens with one attached hydrogen (secondary N) is 1. The second-order valence-electron chi connectivity index (χ2n) is 2.94. The molecule has 1 heterocycles. The molecule has 0 aliphatic heterocycles. The zero-order chi connectivity index (χ0) is 8.55. The third-order valence-electron chi connectivity index (χ3n) is 2.19. The molecule has 1 aromatic heterocycles. The molecule has 1 aromatic rings. The van der Waals surface area contributed by atoms with Crippen LogP contribution >= 0.6 is 0 Å². The van der Waals surface area contributed by atoms with Crippen LogP contribution in [0.4, 0.5) is 0 Å². The van der Waals surface area contributed by atoms with Gasteiger partial charge >= 0.3 is 5.97 Å². The number of aromatic nitrogens is 3. The second-order valence-corrected chi connectivity index (χ2v) is 2.94. The van der Waals surface area contributed by atoms with Gasteiger partial charge in [0.1, 0.15) is 5.92 Å². The Labute approximate surface area is 68.8 Å².